The second-order valence-corrected chi connectivity index (χ2v) is 3.72. The Kier molecular flexibility index (Phi) is 4.80. The van der Waals surface area contributed by atoms with Gasteiger partial charge in [-0.3, -0.25) is 0 Å². The summed E-state index contributed by atoms with van der Waals surface area (Å²) in [4.78, 5) is 22.3. The lowest BCUT2D eigenvalue weighted by Crippen LogP contribution is -2.45. The van der Waals surface area contributed by atoms with Crippen LogP contribution in [0.4, 0.5) is 9.59 Å². The van der Waals surface area contributed by atoms with Crippen LogP contribution in [0.2, 0.25) is 0 Å². The van der Waals surface area contributed by atoms with Gasteiger partial charge < -0.3 is 9.47 Å². The van der Waals surface area contributed by atoms with Crippen molar-refractivity contribution in [1.29, 1.82) is 0 Å². The van der Waals surface area contributed by atoms with Crippen molar-refractivity contribution in [2.24, 2.45) is 5.84 Å². The fourth-order valence-corrected chi connectivity index (χ4v) is 0.585. The molecule has 0 saturated carbocycles. The maximum atomic E-state index is 11.2. The van der Waals surface area contributed by atoms with E-state index in [1.807, 2.05) is 0 Å². The Bertz CT molecular complexity index is 257. The molecule has 0 radical (unpaired) electrons. The third kappa shape index (κ3) is 5.69. The van der Waals surface area contributed by atoms with Crippen molar-refractivity contribution in [1.82, 2.24) is 5.01 Å². The van der Waals surface area contributed by atoms with E-state index in [-0.39, 0.29) is 11.6 Å². The Morgan fingerprint density at radius 1 is 1.40 bits per heavy atom. The summed E-state index contributed by atoms with van der Waals surface area (Å²) in [5.41, 5.74) is -0.715. The quantitative estimate of drug-likeness (QED) is 0.326. The monoisotopic (exact) mass is 216 g/mol. The Morgan fingerprint density at radius 3 is 2.33 bits per heavy atom. The van der Waals surface area contributed by atoms with E-state index in [0.29, 0.717) is 0 Å². The summed E-state index contributed by atoms with van der Waals surface area (Å²) in [6, 6.07) is 0. The molecule has 0 aromatic rings. The molecule has 0 aliphatic rings. The average Bonchev–Trinajstić information content (AvgIpc) is 2.10. The molecule has 0 aromatic heterocycles. The van der Waals surface area contributed by atoms with Gasteiger partial charge in [0.2, 0.25) is 0 Å². The molecule has 0 atom stereocenters. The standard InChI is InChI=1S/C9H16N2O4/c1-5-6-14-7(12)11(10)8(13)15-9(2,3)4/h5H,1,6,10H2,2-4H3. The van der Waals surface area contributed by atoms with Crippen molar-refractivity contribution in [3.63, 3.8) is 0 Å². The Morgan fingerprint density at radius 2 is 1.93 bits per heavy atom. The molecule has 0 unspecified atom stereocenters. The van der Waals surface area contributed by atoms with Gasteiger partial charge in [-0.15, -0.1) is 5.01 Å². The molecule has 15 heavy (non-hydrogen) atoms. The van der Waals surface area contributed by atoms with Gasteiger partial charge >= 0.3 is 12.2 Å². The second kappa shape index (κ2) is 5.35. The van der Waals surface area contributed by atoms with Crippen molar-refractivity contribution in [3.8, 4) is 0 Å². The number of nitrogens with two attached hydrogens (primary N) is 1. The smallest absolute Gasteiger partial charge is 0.434 e. The highest BCUT2D eigenvalue weighted by Gasteiger charge is 2.25. The maximum Gasteiger partial charge on any atom is 0.434 e. The molecular weight excluding hydrogens is 200 g/mol. The summed E-state index contributed by atoms with van der Waals surface area (Å²) in [6.07, 6.45) is -0.582. The van der Waals surface area contributed by atoms with Crippen molar-refractivity contribution >= 4 is 12.2 Å². The molecule has 0 rings (SSSR count). The molecule has 0 spiro atoms. The van der Waals surface area contributed by atoms with E-state index in [1.165, 1.54) is 6.08 Å². The zero-order valence-electron chi connectivity index (χ0n) is 9.15. The fraction of sp³-hybridized carbons (Fsp3) is 0.556. The minimum Gasteiger partial charge on any atom is -0.444 e. The molecule has 0 saturated heterocycles. The van der Waals surface area contributed by atoms with Gasteiger partial charge in [-0.1, -0.05) is 12.7 Å². The van der Waals surface area contributed by atoms with Gasteiger partial charge in [0.1, 0.15) is 12.2 Å². The normalized spacial score (nSPS) is 10.4. The molecule has 2 amide bonds. The number of ether oxygens (including phenoxy) is 2. The van der Waals surface area contributed by atoms with E-state index in [2.05, 4.69) is 11.3 Å². The first-order valence-electron chi connectivity index (χ1n) is 4.33. The number of carbonyl (C=O) groups is 2. The first kappa shape index (κ1) is 13.4. The minimum atomic E-state index is -0.982. The number of rotatable bonds is 2. The highest BCUT2D eigenvalue weighted by atomic mass is 16.6. The summed E-state index contributed by atoms with van der Waals surface area (Å²) < 4.78 is 9.37. The van der Waals surface area contributed by atoms with Gasteiger partial charge in [0.05, 0.1) is 0 Å². The Labute approximate surface area is 88.6 Å². The molecule has 2 N–H and O–H groups in total. The number of hydrazine groups is 1. The highest BCUT2D eigenvalue weighted by Crippen LogP contribution is 2.08. The van der Waals surface area contributed by atoms with Gasteiger partial charge in [-0.25, -0.2) is 15.4 Å². The van der Waals surface area contributed by atoms with Crippen LogP contribution >= 0.6 is 0 Å². The van der Waals surface area contributed by atoms with Crippen LogP contribution in [0.5, 0.6) is 0 Å². The number of hydrogen-bond donors (Lipinski definition) is 1. The summed E-state index contributed by atoms with van der Waals surface area (Å²) in [6.45, 7) is 8.31. The highest BCUT2D eigenvalue weighted by molar-refractivity contribution is 5.86. The van der Waals surface area contributed by atoms with Crippen LogP contribution in [-0.4, -0.2) is 29.4 Å². The molecule has 86 valence electrons. The third-order valence-electron chi connectivity index (χ3n) is 1.11. The molecule has 6 nitrogen and oxygen atoms in total. The van der Waals surface area contributed by atoms with Crippen LogP contribution in [0.25, 0.3) is 0 Å². The topological polar surface area (TPSA) is 81.9 Å². The zero-order valence-corrected chi connectivity index (χ0v) is 9.15. The third-order valence-corrected chi connectivity index (χ3v) is 1.11. The molecule has 6 heteroatoms. The zero-order chi connectivity index (χ0) is 12.1. The molecule has 0 heterocycles. The number of imide groups is 1. The lowest BCUT2D eigenvalue weighted by molar-refractivity contribution is 0.0230. The summed E-state index contributed by atoms with van der Waals surface area (Å²) in [7, 11) is 0. The van der Waals surface area contributed by atoms with Crippen LogP contribution < -0.4 is 5.84 Å². The lowest BCUT2D eigenvalue weighted by Gasteiger charge is -2.22. The second-order valence-electron chi connectivity index (χ2n) is 3.72. The van der Waals surface area contributed by atoms with E-state index in [1.54, 1.807) is 20.8 Å². The van der Waals surface area contributed by atoms with E-state index in [4.69, 9.17) is 10.6 Å². The van der Waals surface area contributed by atoms with Crippen LogP contribution in [0.1, 0.15) is 20.8 Å². The Hall–Kier alpha value is -1.56. The SMILES string of the molecule is C=CCOC(=O)N(N)C(=O)OC(C)(C)C. The lowest BCUT2D eigenvalue weighted by atomic mass is 10.2. The van der Waals surface area contributed by atoms with E-state index >= 15 is 0 Å². The predicted molar refractivity (Wildman–Crippen MR) is 53.8 cm³/mol. The number of amides is 2. The Balaban J connectivity index is 4.19. The number of carbonyl (C=O) groups excluding carboxylic acids is 2. The molecule has 0 bridgehead atoms. The van der Waals surface area contributed by atoms with Crippen LogP contribution in [0.15, 0.2) is 12.7 Å². The summed E-state index contributed by atoms with van der Waals surface area (Å²) in [5.74, 6) is 5.16. The summed E-state index contributed by atoms with van der Waals surface area (Å²) >= 11 is 0. The van der Waals surface area contributed by atoms with Crippen molar-refractivity contribution < 1.29 is 19.1 Å². The number of hydrogen-bond acceptors (Lipinski definition) is 5. The minimum absolute atomic E-state index is 0.0185. The van der Waals surface area contributed by atoms with Gasteiger partial charge in [0.25, 0.3) is 0 Å². The summed E-state index contributed by atoms with van der Waals surface area (Å²) in [5, 5.41) is 0.273. The van der Waals surface area contributed by atoms with Gasteiger partial charge in [0, 0.05) is 0 Å². The molecule has 0 fully saturated rings. The molecule has 0 aromatic carbocycles. The van der Waals surface area contributed by atoms with Crippen molar-refractivity contribution in [2.45, 2.75) is 26.4 Å². The van der Waals surface area contributed by atoms with Gasteiger partial charge in [0.15, 0.2) is 0 Å². The number of nitrogens with zero attached hydrogens (tertiary/aromatic N) is 1. The first-order chi connectivity index (χ1) is 6.78. The van der Waals surface area contributed by atoms with Crippen LogP contribution in [-0.2, 0) is 9.47 Å². The van der Waals surface area contributed by atoms with Crippen LogP contribution in [0.3, 0.4) is 0 Å². The van der Waals surface area contributed by atoms with Gasteiger partial charge in [-0.2, -0.15) is 0 Å². The van der Waals surface area contributed by atoms with E-state index in [0.717, 1.165) is 0 Å². The van der Waals surface area contributed by atoms with E-state index < -0.39 is 17.8 Å². The average molecular weight is 216 g/mol. The van der Waals surface area contributed by atoms with E-state index in [9.17, 15) is 9.59 Å². The van der Waals surface area contributed by atoms with Crippen molar-refractivity contribution in [3.05, 3.63) is 12.7 Å². The predicted octanol–water partition coefficient (Wildman–Crippen LogP) is 1.42. The molecule has 0 aliphatic heterocycles. The van der Waals surface area contributed by atoms with Crippen molar-refractivity contribution in [2.75, 3.05) is 6.61 Å². The maximum absolute atomic E-state index is 11.2. The van der Waals surface area contributed by atoms with Crippen LogP contribution in [0, 0.1) is 0 Å². The molecular formula is C9H16N2O4. The van der Waals surface area contributed by atoms with Gasteiger partial charge in [-0.05, 0) is 20.8 Å². The largest absolute Gasteiger partial charge is 0.444 e. The first-order valence-corrected chi connectivity index (χ1v) is 4.33. The molecule has 0 aliphatic carbocycles. The fourth-order valence-electron chi connectivity index (χ4n) is 0.585.